The minimum Gasteiger partial charge on any atom is -0.378 e. The molecular formula is C15H26N4O3. The van der Waals surface area contributed by atoms with Gasteiger partial charge in [-0.1, -0.05) is 0 Å². The Labute approximate surface area is 131 Å². The predicted molar refractivity (Wildman–Crippen MR) is 81.6 cm³/mol. The summed E-state index contributed by atoms with van der Waals surface area (Å²) in [5.41, 5.74) is 0. The van der Waals surface area contributed by atoms with Crippen LogP contribution in [-0.4, -0.2) is 104 Å². The number of ether oxygens (including phenoxy) is 1. The van der Waals surface area contributed by atoms with E-state index in [2.05, 4.69) is 4.90 Å². The fourth-order valence-electron chi connectivity index (χ4n) is 3.31. The van der Waals surface area contributed by atoms with E-state index < -0.39 is 0 Å². The lowest BCUT2D eigenvalue weighted by Crippen LogP contribution is -2.55. The van der Waals surface area contributed by atoms with Gasteiger partial charge in [-0.15, -0.1) is 0 Å². The Hall–Kier alpha value is -1.34. The molecule has 3 heterocycles. The SMILES string of the molecule is O=C(CN1CCN(C(=O)N2CCOCC2)CC1)N1CCCC1. The molecule has 0 aliphatic carbocycles. The first-order valence-electron chi connectivity index (χ1n) is 8.36. The van der Waals surface area contributed by atoms with Crippen LogP contribution in [0.15, 0.2) is 0 Å². The summed E-state index contributed by atoms with van der Waals surface area (Å²) in [6.07, 6.45) is 2.27. The van der Waals surface area contributed by atoms with E-state index >= 15 is 0 Å². The standard InChI is InChI=1S/C15H26N4O3/c20-14(17-3-1-2-4-17)13-16-5-7-18(8-6-16)15(21)19-9-11-22-12-10-19/h1-13H2. The lowest BCUT2D eigenvalue weighted by atomic mass is 10.3. The molecule has 0 aromatic heterocycles. The third kappa shape index (κ3) is 3.70. The quantitative estimate of drug-likeness (QED) is 0.701. The van der Waals surface area contributed by atoms with E-state index in [9.17, 15) is 9.59 Å². The first-order valence-corrected chi connectivity index (χ1v) is 8.36. The van der Waals surface area contributed by atoms with Crippen LogP contribution in [0.3, 0.4) is 0 Å². The largest absolute Gasteiger partial charge is 0.378 e. The molecule has 0 aromatic rings. The average Bonchev–Trinajstić information content (AvgIpc) is 3.10. The number of amides is 3. The maximum atomic E-state index is 12.4. The maximum absolute atomic E-state index is 12.4. The molecule has 0 bridgehead atoms. The lowest BCUT2D eigenvalue weighted by molar-refractivity contribution is -0.131. The zero-order chi connectivity index (χ0) is 15.4. The van der Waals surface area contributed by atoms with Crippen LogP contribution in [-0.2, 0) is 9.53 Å². The Bertz CT molecular complexity index is 398. The van der Waals surface area contributed by atoms with E-state index in [0.29, 0.717) is 45.9 Å². The summed E-state index contributed by atoms with van der Waals surface area (Å²) in [4.78, 5) is 32.5. The number of rotatable bonds is 2. The van der Waals surface area contributed by atoms with Gasteiger partial charge in [0, 0.05) is 52.4 Å². The van der Waals surface area contributed by atoms with Crippen LogP contribution in [0.5, 0.6) is 0 Å². The van der Waals surface area contributed by atoms with Gasteiger partial charge in [0.25, 0.3) is 0 Å². The highest BCUT2D eigenvalue weighted by Gasteiger charge is 2.28. The van der Waals surface area contributed by atoms with Crippen molar-refractivity contribution in [3.8, 4) is 0 Å². The van der Waals surface area contributed by atoms with Crippen LogP contribution in [0, 0.1) is 0 Å². The molecule has 3 rings (SSSR count). The summed E-state index contributed by atoms with van der Waals surface area (Å²) in [7, 11) is 0. The van der Waals surface area contributed by atoms with Crippen LogP contribution >= 0.6 is 0 Å². The van der Waals surface area contributed by atoms with Crippen molar-refractivity contribution in [2.75, 3.05) is 72.1 Å². The molecule has 0 radical (unpaired) electrons. The zero-order valence-corrected chi connectivity index (χ0v) is 13.2. The first kappa shape index (κ1) is 15.6. The highest BCUT2D eigenvalue weighted by Crippen LogP contribution is 2.11. The molecular weight excluding hydrogens is 284 g/mol. The molecule has 3 aliphatic heterocycles. The fourth-order valence-corrected chi connectivity index (χ4v) is 3.31. The zero-order valence-electron chi connectivity index (χ0n) is 13.2. The van der Waals surface area contributed by atoms with E-state index in [4.69, 9.17) is 4.74 Å². The molecule has 0 N–H and O–H groups in total. The van der Waals surface area contributed by atoms with Crippen molar-refractivity contribution in [2.24, 2.45) is 0 Å². The number of hydrogen-bond donors (Lipinski definition) is 0. The second kappa shape index (κ2) is 7.28. The third-order valence-electron chi connectivity index (χ3n) is 4.74. The normalized spacial score (nSPS) is 23.9. The van der Waals surface area contributed by atoms with Gasteiger partial charge in [0.05, 0.1) is 19.8 Å². The highest BCUT2D eigenvalue weighted by atomic mass is 16.5. The van der Waals surface area contributed by atoms with Gasteiger partial charge >= 0.3 is 6.03 Å². The summed E-state index contributed by atoms with van der Waals surface area (Å²) < 4.78 is 5.28. The molecule has 124 valence electrons. The van der Waals surface area contributed by atoms with Crippen molar-refractivity contribution in [3.63, 3.8) is 0 Å². The number of carbonyl (C=O) groups is 2. The van der Waals surface area contributed by atoms with Crippen LogP contribution in [0.2, 0.25) is 0 Å². The van der Waals surface area contributed by atoms with Crippen LogP contribution in [0.25, 0.3) is 0 Å². The molecule has 22 heavy (non-hydrogen) atoms. The Kier molecular flexibility index (Phi) is 5.15. The molecule has 7 heteroatoms. The van der Waals surface area contributed by atoms with Gasteiger partial charge < -0.3 is 19.4 Å². The van der Waals surface area contributed by atoms with E-state index in [1.807, 2.05) is 14.7 Å². The van der Waals surface area contributed by atoms with E-state index in [1.54, 1.807) is 0 Å². The monoisotopic (exact) mass is 310 g/mol. The maximum Gasteiger partial charge on any atom is 0.320 e. The molecule has 0 atom stereocenters. The summed E-state index contributed by atoms with van der Waals surface area (Å²) in [6, 6.07) is 0.119. The Balaban J connectivity index is 1.41. The molecule has 0 saturated carbocycles. The highest BCUT2D eigenvalue weighted by molar-refractivity contribution is 5.78. The van der Waals surface area contributed by atoms with Gasteiger partial charge in [-0.25, -0.2) is 4.79 Å². The lowest BCUT2D eigenvalue weighted by Gasteiger charge is -2.38. The number of morpholine rings is 1. The second-order valence-corrected chi connectivity index (χ2v) is 6.23. The van der Waals surface area contributed by atoms with Gasteiger partial charge in [-0.3, -0.25) is 9.69 Å². The van der Waals surface area contributed by atoms with Crippen molar-refractivity contribution in [1.82, 2.24) is 19.6 Å². The molecule has 3 saturated heterocycles. The Morgan fingerprint density at radius 2 is 1.32 bits per heavy atom. The average molecular weight is 310 g/mol. The number of urea groups is 1. The summed E-state index contributed by atoms with van der Waals surface area (Å²) in [5.74, 6) is 0.241. The van der Waals surface area contributed by atoms with Crippen LogP contribution in [0.1, 0.15) is 12.8 Å². The van der Waals surface area contributed by atoms with Gasteiger partial charge in [-0.2, -0.15) is 0 Å². The van der Waals surface area contributed by atoms with Gasteiger partial charge in [0.2, 0.25) is 5.91 Å². The smallest absolute Gasteiger partial charge is 0.320 e. The molecule has 0 spiro atoms. The molecule has 3 amide bonds. The number of likely N-dealkylation sites (tertiary alicyclic amines) is 1. The van der Waals surface area contributed by atoms with Crippen molar-refractivity contribution >= 4 is 11.9 Å². The summed E-state index contributed by atoms with van der Waals surface area (Å²) in [6.45, 7) is 7.96. The second-order valence-electron chi connectivity index (χ2n) is 6.23. The Morgan fingerprint density at radius 3 is 1.95 bits per heavy atom. The first-order chi connectivity index (χ1) is 10.7. The minimum absolute atomic E-state index is 0.119. The third-order valence-corrected chi connectivity index (χ3v) is 4.74. The van der Waals surface area contributed by atoms with Gasteiger partial charge in [0.1, 0.15) is 0 Å². The topological polar surface area (TPSA) is 56.3 Å². The number of piperazine rings is 1. The van der Waals surface area contributed by atoms with Crippen molar-refractivity contribution in [3.05, 3.63) is 0 Å². The Morgan fingerprint density at radius 1 is 0.727 bits per heavy atom. The molecule has 3 fully saturated rings. The molecule has 0 aromatic carbocycles. The van der Waals surface area contributed by atoms with E-state index in [-0.39, 0.29) is 11.9 Å². The summed E-state index contributed by atoms with van der Waals surface area (Å²) >= 11 is 0. The fraction of sp³-hybridized carbons (Fsp3) is 0.867. The van der Waals surface area contributed by atoms with Gasteiger partial charge in [0.15, 0.2) is 0 Å². The molecule has 3 aliphatic rings. The van der Waals surface area contributed by atoms with E-state index in [1.165, 1.54) is 0 Å². The number of hydrogen-bond acceptors (Lipinski definition) is 4. The number of carbonyl (C=O) groups excluding carboxylic acids is 2. The minimum atomic E-state index is 0.119. The molecule has 0 unspecified atom stereocenters. The van der Waals surface area contributed by atoms with Gasteiger partial charge in [-0.05, 0) is 12.8 Å². The van der Waals surface area contributed by atoms with Crippen molar-refractivity contribution in [2.45, 2.75) is 12.8 Å². The number of nitrogens with zero attached hydrogens (tertiary/aromatic N) is 4. The van der Waals surface area contributed by atoms with E-state index in [0.717, 1.165) is 39.0 Å². The summed E-state index contributed by atoms with van der Waals surface area (Å²) in [5, 5.41) is 0. The van der Waals surface area contributed by atoms with Crippen molar-refractivity contribution < 1.29 is 14.3 Å². The molecule has 7 nitrogen and oxygen atoms in total. The van der Waals surface area contributed by atoms with Crippen LogP contribution in [0.4, 0.5) is 4.79 Å². The predicted octanol–water partition coefficient (Wildman–Crippen LogP) is -0.321. The van der Waals surface area contributed by atoms with Crippen molar-refractivity contribution in [1.29, 1.82) is 0 Å². The van der Waals surface area contributed by atoms with Crippen LogP contribution < -0.4 is 0 Å².